The van der Waals surface area contributed by atoms with Gasteiger partial charge in [0.15, 0.2) is 5.69 Å². The molecule has 2 amide bonds. The normalized spacial score (nSPS) is 12.2. The highest BCUT2D eigenvalue weighted by atomic mass is 35.5. The van der Waals surface area contributed by atoms with Crippen molar-refractivity contribution in [2.24, 2.45) is 0 Å². The van der Waals surface area contributed by atoms with E-state index in [-0.39, 0.29) is 27.2 Å². The van der Waals surface area contributed by atoms with Gasteiger partial charge < -0.3 is 16.0 Å². The first-order valence-electron chi connectivity index (χ1n) is 9.00. The maximum atomic E-state index is 13.0. The molecule has 174 valence electrons. The van der Waals surface area contributed by atoms with Gasteiger partial charge in [0, 0.05) is 13.2 Å². The molecule has 9 nitrogen and oxygen atoms in total. The summed E-state index contributed by atoms with van der Waals surface area (Å²) in [6.45, 7) is 1.63. The van der Waals surface area contributed by atoms with Crippen LogP contribution in [0.25, 0.3) is 0 Å². The first-order chi connectivity index (χ1) is 15.5. The zero-order chi connectivity index (χ0) is 24.3. The van der Waals surface area contributed by atoms with Crippen molar-refractivity contribution in [2.45, 2.75) is 19.1 Å². The van der Waals surface area contributed by atoms with Gasteiger partial charge in [-0.15, -0.1) is 11.3 Å². The summed E-state index contributed by atoms with van der Waals surface area (Å²) >= 11 is 12.6. The molecule has 3 aromatic rings. The lowest BCUT2D eigenvalue weighted by molar-refractivity contribution is -0.137. The number of amides is 2. The van der Waals surface area contributed by atoms with Crippen LogP contribution in [0.3, 0.4) is 0 Å². The van der Waals surface area contributed by atoms with Crippen molar-refractivity contribution in [3.8, 4) is 0 Å². The fraction of sp³-hybridized carbons (Fsp3) is 0.222. The Hall–Kier alpha value is -3.03. The Labute approximate surface area is 198 Å². The van der Waals surface area contributed by atoms with E-state index < -0.39 is 34.6 Å². The Morgan fingerprint density at radius 1 is 1.09 bits per heavy atom. The number of carbonyl (C=O) groups excluding carboxylic acids is 2. The predicted octanol–water partition coefficient (Wildman–Crippen LogP) is 4.44. The molecule has 0 radical (unpaired) electrons. The molecule has 0 aliphatic rings. The van der Waals surface area contributed by atoms with E-state index in [2.05, 4.69) is 35.9 Å². The Balaban J connectivity index is 1.70. The first kappa shape index (κ1) is 24.6. The third kappa shape index (κ3) is 5.67. The van der Waals surface area contributed by atoms with Crippen molar-refractivity contribution in [3.63, 3.8) is 0 Å². The number of rotatable bonds is 6. The van der Waals surface area contributed by atoms with E-state index in [0.717, 1.165) is 17.5 Å². The molecule has 33 heavy (non-hydrogen) atoms. The number of carbonyl (C=O) groups is 2. The Kier molecular flexibility index (Phi) is 7.34. The third-order valence-corrected chi connectivity index (χ3v) is 5.95. The van der Waals surface area contributed by atoms with Crippen LogP contribution in [0.15, 0.2) is 24.8 Å². The second-order valence-electron chi connectivity index (χ2n) is 6.39. The highest BCUT2D eigenvalue weighted by Gasteiger charge is 2.34. The van der Waals surface area contributed by atoms with Gasteiger partial charge in [-0.3, -0.25) is 9.59 Å². The lowest BCUT2D eigenvalue weighted by Crippen LogP contribution is -2.28. The van der Waals surface area contributed by atoms with Crippen LogP contribution in [-0.2, 0) is 6.18 Å². The highest BCUT2D eigenvalue weighted by molar-refractivity contribution is 7.13. The van der Waals surface area contributed by atoms with Gasteiger partial charge >= 0.3 is 6.18 Å². The topological polar surface area (TPSA) is 122 Å². The molecule has 3 heterocycles. The standard InChI is InChI=1S/C18H14Cl2F3N7O2S/c1-7(29-16(32)13-12(20)14(24-2)28-6-27-13)17-26-5-10(33-17)15(31)30-11-3-8(18(21,22)23)9(19)4-25-11/h3-7H,1-2H3,(H,29,32)(H,24,27,28)(H,25,30,31)/t7-/m1/s1. The first-order valence-corrected chi connectivity index (χ1v) is 10.6. The minimum Gasteiger partial charge on any atom is -0.372 e. The summed E-state index contributed by atoms with van der Waals surface area (Å²) in [6.07, 6.45) is -1.49. The molecule has 0 aliphatic heterocycles. The van der Waals surface area contributed by atoms with E-state index in [1.807, 2.05) is 0 Å². The van der Waals surface area contributed by atoms with Gasteiger partial charge in [-0.05, 0) is 13.0 Å². The van der Waals surface area contributed by atoms with Crippen molar-refractivity contribution in [1.29, 1.82) is 0 Å². The molecule has 0 fully saturated rings. The van der Waals surface area contributed by atoms with Crippen LogP contribution >= 0.6 is 34.5 Å². The molecule has 0 saturated carbocycles. The Morgan fingerprint density at radius 3 is 2.48 bits per heavy atom. The average Bonchev–Trinajstić information content (AvgIpc) is 3.25. The molecule has 3 aromatic heterocycles. The van der Waals surface area contributed by atoms with Crippen molar-refractivity contribution in [3.05, 3.63) is 56.0 Å². The molecule has 3 N–H and O–H groups in total. The molecule has 0 bridgehead atoms. The number of halogens is 5. The van der Waals surface area contributed by atoms with Crippen LogP contribution in [0.5, 0.6) is 0 Å². The minimum absolute atomic E-state index is 0.0394. The quantitative estimate of drug-likeness (QED) is 0.440. The zero-order valence-electron chi connectivity index (χ0n) is 16.8. The maximum Gasteiger partial charge on any atom is 0.418 e. The molecular weight excluding hydrogens is 506 g/mol. The minimum atomic E-state index is -4.70. The summed E-state index contributed by atoms with van der Waals surface area (Å²) in [5.74, 6) is -1.36. The van der Waals surface area contributed by atoms with Crippen molar-refractivity contribution in [2.75, 3.05) is 17.7 Å². The van der Waals surface area contributed by atoms with Crippen LogP contribution in [0.4, 0.5) is 24.8 Å². The average molecular weight is 520 g/mol. The van der Waals surface area contributed by atoms with Crippen molar-refractivity contribution < 1.29 is 22.8 Å². The monoisotopic (exact) mass is 519 g/mol. The Morgan fingerprint density at radius 2 is 1.82 bits per heavy atom. The number of anilines is 2. The summed E-state index contributed by atoms with van der Waals surface area (Å²) in [5.41, 5.74) is -1.17. The molecule has 0 spiro atoms. The lowest BCUT2D eigenvalue weighted by atomic mass is 10.2. The zero-order valence-corrected chi connectivity index (χ0v) is 19.1. The van der Waals surface area contributed by atoms with Crippen molar-refractivity contribution >= 4 is 58.0 Å². The second kappa shape index (κ2) is 9.85. The summed E-state index contributed by atoms with van der Waals surface area (Å²) in [5, 5.41) is 7.48. The van der Waals surface area contributed by atoms with E-state index in [1.165, 1.54) is 12.5 Å². The van der Waals surface area contributed by atoms with E-state index in [0.29, 0.717) is 11.1 Å². The van der Waals surface area contributed by atoms with Gasteiger partial charge in [-0.1, -0.05) is 23.2 Å². The number of hydrogen-bond donors (Lipinski definition) is 3. The largest absolute Gasteiger partial charge is 0.418 e. The molecule has 1 atom stereocenters. The summed E-state index contributed by atoms with van der Waals surface area (Å²) in [6, 6.07) is 0.00853. The number of nitrogens with zero attached hydrogens (tertiary/aromatic N) is 4. The Bertz CT molecular complexity index is 1210. The molecule has 3 rings (SSSR count). The molecule has 0 unspecified atom stereocenters. The number of alkyl halides is 3. The molecular formula is C18H14Cl2F3N7O2S. The fourth-order valence-electron chi connectivity index (χ4n) is 2.52. The second-order valence-corrected chi connectivity index (χ2v) is 8.24. The number of pyridine rings is 1. The maximum absolute atomic E-state index is 13.0. The van der Waals surface area contributed by atoms with E-state index in [1.54, 1.807) is 14.0 Å². The van der Waals surface area contributed by atoms with Crippen LogP contribution in [-0.4, -0.2) is 38.8 Å². The highest BCUT2D eigenvalue weighted by Crippen LogP contribution is 2.35. The van der Waals surface area contributed by atoms with Crippen LogP contribution < -0.4 is 16.0 Å². The van der Waals surface area contributed by atoms with E-state index in [9.17, 15) is 22.8 Å². The number of thiazole rings is 1. The van der Waals surface area contributed by atoms with Crippen LogP contribution in [0.2, 0.25) is 10.0 Å². The summed E-state index contributed by atoms with van der Waals surface area (Å²) < 4.78 is 39.0. The smallest absolute Gasteiger partial charge is 0.372 e. The van der Waals surface area contributed by atoms with Gasteiger partial charge in [-0.25, -0.2) is 19.9 Å². The number of aromatic nitrogens is 4. The summed E-state index contributed by atoms with van der Waals surface area (Å²) in [4.78, 5) is 40.6. The van der Waals surface area contributed by atoms with Gasteiger partial charge in [0.1, 0.15) is 32.9 Å². The van der Waals surface area contributed by atoms with Gasteiger partial charge in [0.2, 0.25) is 0 Å². The van der Waals surface area contributed by atoms with Gasteiger partial charge in [0.25, 0.3) is 11.8 Å². The predicted molar refractivity (Wildman–Crippen MR) is 117 cm³/mol. The van der Waals surface area contributed by atoms with Crippen LogP contribution in [0.1, 0.15) is 43.7 Å². The number of hydrogen-bond acceptors (Lipinski definition) is 8. The third-order valence-electron chi connectivity index (χ3n) is 4.11. The SMILES string of the molecule is CNc1ncnc(C(=O)N[C@H](C)c2ncc(C(=O)Nc3cc(C(F)(F)F)c(Cl)cn3)s2)c1Cl. The fourth-order valence-corrected chi connectivity index (χ4v) is 3.83. The number of nitrogens with one attached hydrogen (secondary N) is 3. The molecule has 15 heteroatoms. The molecule has 0 aromatic carbocycles. The van der Waals surface area contributed by atoms with Gasteiger partial charge in [-0.2, -0.15) is 13.2 Å². The lowest BCUT2D eigenvalue weighted by Gasteiger charge is -2.12. The van der Waals surface area contributed by atoms with Crippen molar-refractivity contribution in [1.82, 2.24) is 25.3 Å². The summed E-state index contributed by atoms with van der Waals surface area (Å²) in [7, 11) is 1.59. The molecule has 0 saturated heterocycles. The van der Waals surface area contributed by atoms with Crippen LogP contribution in [0, 0.1) is 0 Å². The van der Waals surface area contributed by atoms with E-state index in [4.69, 9.17) is 23.2 Å². The molecule has 0 aliphatic carbocycles. The van der Waals surface area contributed by atoms with Gasteiger partial charge in [0.05, 0.1) is 22.8 Å². The van der Waals surface area contributed by atoms with E-state index >= 15 is 0 Å².